The van der Waals surface area contributed by atoms with Crippen LogP contribution in [0, 0.1) is 5.92 Å². The minimum absolute atomic E-state index is 0.0293. The maximum absolute atomic E-state index is 13.1. The summed E-state index contributed by atoms with van der Waals surface area (Å²) < 4.78 is 1.70. The smallest absolute Gasteiger partial charge is 0.264 e. The lowest BCUT2D eigenvalue weighted by molar-refractivity contribution is -0.139. The number of hydrogen-bond donors (Lipinski definition) is 4. The van der Waals surface area contributed by atoms with E-state index in [-0.39, 0.29) is 18.6 Å². The Hall–Kier alpha value is -3.08. The standard InChI is InChI=1S/C24H32N6O4/c1-16(6-3-4-12-30-15-18(10-13-31)27-28-30)24(34)19-14-17(8-9-21(19)29(2)23(24)33)26-22(32)20-7-5-11-25-20/h3,6,8-9,14-16,20,25,31,34H,4-5,7,10-13H2,1-2H3,(H,26,32)/b6-3+/t16-,20+,24+/m0/s1. The Morgan fingerprint density at radius 3 is 3.00 bits per heavy atom. The van der Waals surface area contributed by atoms with Gasteiger partial charge in [-0.25, -0.2) is 0 Å². The van der Waals surface area contributed by atoms with Crippen LogP contribution in [0.1, 0.15) is 37.4 Å². The fourth-order valence-corrected chi connectivity index (χ4v) is 4.59. The molecule has 0 spiro atoms. The van der Waals surface area contributed by atoms with Gasteiger partial charge in [-0.15, -0.1) is 5.10 Å². The van der Waals surface area contributed by atoms with Gasteiger partial charge in [-0.05, 0) is 44.0 Å². The number of aliphatic hydroxyl groups is 2. The van der Waals surface area contributed by atoms with E-state index in [0.29, 0.717) is 36.3 Å². The lowest BCUT2D eigenvalue weighted by atomic mass is 9.82. The molecule has 3 heterocycles. The van der Waals surface area contributed by atoms with Crippen LogP contribution in [0.3, 0.4) is 0 Å². The van der Waals surface area contributed by atoms with Crippen molar-refractivity contribution in [2.45, 2.75) is 50.8 Å². The van der Waals surface area contributed by atoms with Crippen molar-refractivity contribution < 1.29 is 19.8 Å². The molecule has 2 aliphatic rings. The first kappa shape index (κ1) is 24.1. The molecule has 10 nitrogen and oxygen atoms in total. The van der Waals surface area contributed by atoms with Gasteiger partial charge in [0.05, 0.1) is 17.4 Å². The largest absolute Gasteiger partial charge is 0.396 e. The molecule has 0 saturated carbocycles. The van der Waals surface area contributed by atoms with Crippen molar-refractivity contribution in [3.63, 3.8) is 0 Å². The molecule has 0 unspecified atom stereocenters. The first-order chi connectivity index (χ1) is 16.3. The third-order valence-corrected chi connectivity index (χ3v) is 6.61. The van der Waals surface area contributed by atoms with Gasteiger partial charge in [-0.1, -0.05) is 24.3 Å². The van der Waals surface area contributed by atoms with Gasteiger partial charge >= 0.3 is 0 Å². The zero-order valence-electron chi connectivity index (χ0n) is 19.6. The molecule has 182 valence electrons. The lowest BCUT2D eigenvalue weighted by Gasteiger charge is -2.27. The molecule has 0 radical (unpaired) electrons. The van der Waals surface area contributed by atoms with E-state index in [1.54, 1.807) is 43.0 Å². The van der Waals surface area contributed by atoms with Crippen LogP contribution in [0.5, 0.6) is 0 Å². The van der Waals surface area contributed by atoms with E-state index in [1.165, 1.54) is 4.90 Å². The first-order valence-corrected chi connectivity index (χ1v) is 11.7. The maximum Gasteiger partial charge on any atom is 0.264 e. The number of aliphatic hydroxyl groups excluding tert-OH is 1. The van der Waals surface area contributed by atoms with Gasteiger partial charge in [0.1, 0.15) is 0 Å². The van der Waals surface area contributed by atoms with Crippen LogP contribution in [0.15, 0.2) is 36.5 Å². The zero-order chi connectivity index (χ0) is 24.3. The Bertz CT molecular complexity index is 1080. The summed E-state index contributed by atoms with van der Waals surface area (Å²) in [4.78, 5) is 27.1. The van der Waals surface area contributed by atoms with Gasteiger partial charge in [-0.2, -0.15) is 0 Å². The van der Waals surface area contributed by atoms with Gasteiger partial charge in [0.2, 0.25) is 5.91 Å². The average Bonchev–Trinajstić information content (AvgIpc) is 3.56. The number of fused-ring (bicyclic) bond motifs is 1. The molecule has 1 aromatic carbocycles. The number of nitrogens with zero attached hydrogens (tertiary/aromatic N) is 4. The normalized spacial score (nSPS) is 23.0. The number of likely N-dealkylation sites (N-methyl/N-ethyl adjacent to an activating group) is 1. The van der Waals surface area contributed by atoms with Gasteiger partial charge in [0, 0.05) is 50.0 Å². The summed E-state index contributed by atoms with van der Waals surface area (Å²) in [5, 5.41) is 34.7. The van der Waals surface area contributed by atoms with Crippen molar-refractivity contribution in [3.05, 3.63) is 47.8 Å². The second-order valence-electron chi connectivity index (χ2n) is 8.95. The maximum atomic E-state index is 13.1. The van der Waals surface area contributed by atoms with Crippen LogP contribution in [0.4, 0.5) is 11.4 Å². The molecule has 3 atom stereocenters. The number of anilines is 2. The number of rotatable bonds is 9. The van der Waals surface area contributed by atoms with Crippen LogP contribution in [-0.2, 0) is 28.2 Å². The highest BCUT2D eigenvalue weighted by Gasteiger charge is 2.51. The number of aromatic nitrogens is 3. The Morgan fingerprint density at radius 1 is 1.44 bits per heavy atom. The number of benzene rings is 1. The molecule has 4 N–H and O–H groups in total. The number of carbonyl (C=O) groups is 2. The summed E-state index contributed by atoms with van der Waals surface area (Å²) >= 11 is 0. The fourth-order valence-electron chi connectivity index (χ4n) is 4.59. The molecular weight excluding hydrogens is 436 g/mol. The number of nitrogens with one attached hydrogen (secondary N) is 2. The molecular formula is C24H32N6O4. The topological polar surface area (TPSA) is 133 Å². The lowest BCUT2D eigenvalue weighted by Crippen LogP contribution is -2.43. The SMILES string of the molecule is C[C@@H](/C=C/CCn1cc(CCO)nn1)[C@]1(O)C(=O)N(C)c2ccc(NC(=O)[C@H]3CCCN3)cc21. The third-order valence-electron chi connectivity index (χ3n) is 6.61. The van der Waals surface area contributed by atoms with Crippen molar-refractivity contribution >= 4 is 23.2 Å². The van der Waals surface area contributed by atoms with Gasteiger partial charge in [-0.3, -0.25) is 14.3 Å². The Kier molecular flexibility index (Phi) is 7.11. The summed E-state index contributed by atoms with van der Waals surface area (Å²) in [5.74, 6) is -1.00. The Labute approximate surface area is 198 Å². The van der Waals surface area contributed by atoms with Crippen LogP contribution in [0.25, 0.3) is 0 Å². The molecule has 2 amide bonds. The highest BCUT2D eigenvalue weighted by molar-refractivity contribution is 6.07. The number of allylic oxidation sites excluding steroid dienone is 1. The van der Waals surface area contributed by atoms with E-state index < -0.39 is 17.4 Å². The van der Waals surface area contributed by atoms with E-state index >= 15 is 0 Å². The summed E-state index contributed by atoms with van der Waals surface area (Å²) in [6.45, 7) is 3.25. The van der Waals surface area contributed by atoms with Crippen molar-refractivity contribution in [1.82, 2.24) is 20.3 Å². The monoisotopic (exact) mass is 468 g/mol. The third kappa shape index (κ3) is 4.61. The Balaban J connectivity index is 1.46. The van der Waals surface area contributed by atoms with E-state index in [0.717, 1.165) is 25.1 Å². The second-order valence-corrected chi connectivity index (χ2v) is 8.95. The van der Waals surface area contributed by atoms with Crippen LogP contribution >= 0.6 is 0 Å². The molecule has 1 saturated heterocycles. The summed E-state index contributed by atoms with van der Waals surface area (Å²) in [7, 11) is 1.64. The van der Waals surface area contributed by atoms with E-state index in [4.69, 9.17) is 5.11 Å². The van der Waals surface area contributed by atoms with Gasteiger partial charge in [0.15, 0.2) is 5.60 Å². The van der Waals surface area contributed by atoms with Crippen LogP contribution in [-0.4, -0.2) is 63.3 Å². The summed E-state index contributed by atoms with van der Waals surface area (Å²) in [6.07, 6.45) is 8.41. The van der Waals surface area contributed by atoms with Crippen molar-refractivity contribution in [1.29, 1.82) is 0 Å². The molecule has 4 rings (SSSR count). The van der Waals surface area contributed by atoms with Gasteiger partial charge < -0.3 is 25.7 Å². The minimum Gasteiger partial charge on any atom is -0.396 e. The van der Waals surface area contributed by atoms with Crippen molar-refractivity contribution in [3.8, 4) is 0 Å². The first-order valence-electron chi connectivity index (χ1n) is 11.7. The molecule has 1 fully saturated rings. The van der Waals surface area contributed by atoms with Crippen LogP contribution < -0.4 is 15.5 Å². The highest BCUT2D eigenvalue weighted by Crippen LogP contribution is 2.45. The fraction of sp³-hybridized carbons (Fsp3) is 0.500. The predicted octanol–water partition coefficient (Wildman–Crippen LogP) is 0.950. The van der Waals surface area contributed by atoms with Crippen LogP contribution in [0.2, 0.25) is 0 Å². The molecule has 2 aliphatic heterocycles. The molecule has 10 heteroatoms. The highest BCUT2D eigenvalue weighted by atomic mass is 16.3. The minimum atomic E-state index is -1.73. The molecule has 0 aliphatic carbocycles. The molecule has 2 aromatic rings. The van der Waals surface area contributed by atoms with Crippen molar-refractivity contribution in [2.75, 3.05) is 30.4 Å². The number of amides is 2. The number of hydrogen-bond acceptors (Lipinski definition) is 7. The van der Waals surface area contributed by atoms with E-state index in [9.17, 15) is 14.7 Å². The summed E-state index contributed by atoms with van der Waals surface area (Å²) in [5.41, 5.74) is 0.675. The molecule has 0 bridgehead atoms. The number of aryl methyl sites for hydroxylation is 1. The average molecular weight is 469 g/mol. The molecule has 34 heavy (non-hydrogen) atoms. The quantitative estimate of drug-likeness (QED) is 0.403. The molecule has 1 aromatic heterocycles. The second kappa shape index (κ2) is 10.0. The zero-order valence-corrected chi connectivity index (χ0v) is 19.6. The van der Waals surface area contributed by atoms with E-state index in [1.807, 2.05) is 12.2 Å². The number of carbonyl (C=O) groups excluding carboxylic acids is 2. The van der Waals surface area contributed by atoms with Crippen molar-refractivity contribution in [2.24, 2.45) is 5.92 Å². The predicted molar refractivity (Wildman–Crippen MR) is 127 cm³/mol. The summed E-state index contributed by atoms with van der Waals surface area (Å²) in [6, 6.07) is 4.99. The Morgan fingerprint density at radius 2 is 2.26 bits per heavy atom. The van der Waals surface area contributed by atoms with Gasteiger partial charge in [0.25, 0.3) is 5.91 Å². The van der Waals surface area contributed by atoms with E-state index in [2.05, 4.69) is 20.9 Å².